The summed E-state index contributed by atoms with van der Waals surface area (Å²) in [6.45, 7) is 0. The van der Waals surface area contributed by atoms with Crippen molar-refractivity contribution in [3.63, 3.8) is 0 Å². The number of carbonyl (C=O) groups excluding carboxylic acids is 1. The van der Waals surface area contributed by atoms with Gasteiger partial charge in [-0.2, -0.15) is 5.10 Å². The maximum atomic E-state index is 12.3. The SMILES string of the molecule is Cn1cc([C@H](NC(=O)c2cccnc2)C2CC(O)C2)cn1. The first-order valence-corrected chi connectivity index (χ1v) is 7.01. The number of carbonyl (C=O) groups is 1. The molecule has 3 rings (SSSR count). The van der Waals surface area contributed by atoms with E-state index in [0.717, 1.165) is 5.56 Å². The van der Waals surface area contributed by atoms with Crippen LogP contribution >= 0.6 is 0 Å². The zero-order valence-electron chi connectivity index (χ0n) is 11.8. The molecule has 2 aromatic heterocycles. The normalized spacial score (nSPS) is 22.4. The highest BCUT2D eigenvalue weighted by atomic mass is 16.3. The molecule has 1 fully saturated rings. The summed E-state index contributed by atoms with van der Waals surface area (Å²) in [6, 6.07) is 3.34. The number of pyridine rings is 1. The van der Waals surface area contributed by atoms with E-state index >= 15 is 0 Å². The Morgan fingerprint density at radius 3 is 2.86 bits per heavy atom. The Morgan fingerprint density at radius 1 is 1.48 bits per heavy atom. The van der Waals surface area contributed by atoms with E-state index in [1.54, 1.807) is 35.4 Å². The smallest absolute Gasteiger partial charge is 0.253 e. The second-order valence-corrected chi connectivity index (χ2v) is 5.53. The average molecular weight is 286 g/mol. The zero-order valence-corrected chi connectivity index (χ0v) is 11.8. The fourth-order valence-corrected chi connectivity index (χ4v) is 2.70. The lowest BCUT2D eigenvalue weighted by Crippen LogP contribution is -2.41. The summed E-state index contributed by atoms with van der Waals surface area (Å²) in [7, 11) is 1.85. The molecular formula is C15H18N4O2. The molecule has 0 saturated heterocycles. The molecule has 0 aliphatic heterocycles. The van der Waals surface area contributed by atoms with E-state index in [1.165, 1.54) is 0 Å². The van der Waals surface area contributed by atoms with Crippen molar-refractivity contribution in [3.8, 4) is 0 Å². The van der Waals surface area contributed by atoms with Crippen LogP contribution in [0, 0.1) is 5.92 Å². The van der Waals surface area contributed by atoms with Gasteiger partial charge in [0.05, 0.1) is 23.9 Å². The summed E-state index contributed by atoms with van der Waals surface area (Å²) < 4.78 is 1.72. The van der Waals surface area contributed by atoms with Crippen LogP contribution in [0.1, 0.15) is 34.8 Å². The lowest BCUT2D eigenvalue weighted by molar-refractivity contribution is 0.0235. The van der Waals surface area contributed by atoms with Crippen molar-refractivity contribution in [2.75, 3.05) is 0 Å². The van der Waals surface area contributed by atoms with Gasteiger partial charge in [-0.15, -0.1) is 0 Å². The summed E-state index contributed by atoms with van der Waals surface area (Å²) in [6.07, 6.45) is 7.99. The quantitative estimate of drug-likeness (QED) is 0.880. The molecule has 0 unspecified atom stereocenters. The molecule has 6 nitrogen and oxygen atoms in total. The lowest BCUT2D eigenvalue weighted by Gasteiger charge is -2.37. The Kier molecular flexibility index (Phi) is 3.70. The molecule has 21 heavy (non-hydrogen) atoms. The number of rotatable bonds is 4. The van der Waals surface area contributed by atoms with E-state index in [0.29, 0.717) is 18.4 Å². The van der Waals surface area contributed by atoms with Gasteiger partial charge < -0.3 is 10.4 Å². The van der Waals surface area contributed by atoms with Gasteiger partial charge in [0.25, 0.3) is 5.91 Å². The third-order valence-electron chi connectivity index (χ3n) is 3.92. The predicted molar refractivity (Wildman–Crippen MR) is 76.4 cm³/mol. The van der Waals surface area contributed by atoms with Crippen molar-refractivity contribution >= 4 is 5.91 Å². The van der Waals surface area contributed by atoms with Crippen molar-refractivity contribution < 1.29 is 9.90 Å². The molecule has 1 aliphatic carbocycles. The fraction of sp³-hybridized carbons (Fsp3) is 0.400. The zero-order chi connectivity index (χ0) is 14.8. The van der Waals surface area contributed by atoms with Gasteiger partial charge in [0.15, 0.2) is 0 Å². The number of amides is 1. The minimum absolute atomic E-state index is 0.130. The van der Waals surface area contributed by atoms with Crippen LogP contribution in [0.25, 0.3) is 0 Å². The number of hydrogen-bond acceptors (Lipinski definition) is 4. The Balaban J connectivity index is 1.78. The topological polar surface area (TPSA) is 80.0 Å². The summed E-state index contributed by atoms with van der Waals surface area (Å²) in [4.78, 5) is 16.3. The van der Waals surface area contributed by atoms with Crippen molar-refractivity contribution in [1.29, 1.82) is 0 Å². The van der Waals surface area contributed by atoms with Crippen LogP contribution < -0.4 is 5.32 Å². The summed E-state index contributed by atoms with van der Waals surface area (Å²) in [5.41, 5.74) is 1.50. The van der Waals surface area contributed by atoms with Gasteiger partial charge in [-0.3, -0.25) is 14.5 Å². The minimum atomic E-state index is -0.260. The maximum absolute atomic E-state index is 12.3. The number of aliphatic hydroxyl groups is 1. The standard InChI is InChI=1S/C15H18N4O2/c1-19-9-12(8-17-19)14(11-5-13(20)6-11)18-15(21)10-3-2-4-16-7-10/h2-4,7-9,11,13-14,20H,5-6H2,1H3,(H,18,21)/t11?,13?,14-/m1/s1. The van der Waals surface area contributed by atoms with E-state index in [1.807, 2.05) is 13.2 Å². The molecule has 0 spiro atoms. The van der Waals surface area contributed by atoms with Crippen LogP contribution in [0.2, 0.25) is 0 Å². The summed E-state index contributed by atoms with van der Waals surface area (Å²) in [5.74, 6) is 0.0863. The molecule has 1 amide bonds. The van der Waals surface area contributed by atoms with Crippen molar-refractivity contribution in [3.05, 3.63) is 48.0 Å². The maximum Gasteiger partial charge on any atom is 0.253 e. The Bertz CT molecular complexity index is 620. The molecular weight excluding hydrogens is 268 g/mol. The molecule has 0 aromatic carbocycles. The summed E-state index contributed by atoms with van der Waals surface area (Å²) in [5, 5.41) is 16.7. The second-order valence-electron chi connectivity index (χ2n) is 5.53. The number of nitrogens with zero attached hydrogens (tertiary/aromatic N) is 3. The first kappa shape index (κ1) is 13.8. The first-order valence-electron chi connectivity index (χ1n) is 7.01. The number of hydrogen-bond donors (Lipinski definition) is 2. The number of aryl methyl sites for hydroxylation is 1. The molecule has 110 valence electrons. The van der Waals surface area contributed by atoms with Crippen LogP contribution in [0.3, 0.4) is 0 Å². The largest absolute Gasteiger partial charge is 0.393 e. The van der Waals surface area contributed by atoms with Crippen LogP contribution in [-0.4, -0.2) is 31.9 Å². The van der Waals surface area contributed by atoms with Gasteiger partial charge in [0, 0.05) is 31.2 Å². The summed E-state index contributed by atoms with van der Waals surface area (Å²) >= 11 is 0. The van der Waals surface area contributed by atoms with Gasteiger partial charge in [0.2, 0.25) is 0 Å². The Hall–Kier alpha value is -2.21. The predicted octanol–water partition coefficient (Wildman–Crippen LogP) is 1.06. The molecule has 1 atom stereocenters. The van der Waals surface area contributed by atoms with Crippen LogP contribution in [-0.2, 0) is 7.05 Å². The number of nitrogens with one attached hydrogen (secondary N) is 1. The van der Waals surface area contributed by atoms with Gasteiger partial charge in [-0.05, 0) is 30.9 Å². The van der Waals surface area contributed by atoms with E-state index < -0.39 is 0 Å². The average Bonchev–Trinajstić information content (AvgIpc) is 2.89. The van der Waals surface area contributed by atoms with E-state index in [-0.39, 0.29) is 24.0 Å². The molecule has 0 radical (unpaired) electrons. The third kappa shape index (κ3) is 2.95. The van der Waals surface area contributed by atoms with Crippen LogP contribution in [0.4, 0.5) is 0 Å². The number of aromatic nitrogens is 3. The highest BCUT2D eigenvalue weighted by molar-refractivity contribution is 5.94. The lowest BCUT2D eigenvalue weighted by atomic mass is 9.75. The van der Waals surface area contributed by atoms with E-state index in [4.69, 9.17) is 0 Å². The molecule has 6 heteroatoms. The van der Waals surface area contributed by atoms with Gasteiger partial charge in [-0.25, -0.2) is 0 Å². The molecule has 0 bridgehead atoms. The molecule has 2 heterocycles. The van der Waals surface area contributed by atoms with Crippen molar-refractivity contribution in [2.45, 2.75) is 25.0 Å². The molecule has 1 saturated carbocycles. The van der Waals surface area contributed by atoms with Gasteiger partial charge >= 0.3 is 0 Å². The Labute approximate surface area is 122 Å². The molecule has 1 aliphatic rings. The van der Waals surface area contributed by atoms with Gasteiger partial charge in [-0.1, -0.05) is 0 Å². The highest BCUT2D eigenvalue weighted by Gasteiger charge is 2.36. The fourth-order valence-electron chi connectivity index (χ4n) is 2.70. The Morgan fingerprint density at radius 2 is 2.29 bits per heavy atom. The van der Waals surface area contributed by atoms with Crippen LogP contribution in [0.5, 0.6) is 0 Å². The van der Waals surface area contributed by atoms with Crippen LogP contribution in [0.15, 0.2) is 36.9 Å². The number of aliphatic hydroxyl groups excluding tert-OH is 1. The second kappa shape index (κ2) is 5.65. The minimum Gasteiger partial charge on any atom is -0.393 e. The van der Waals surface area contributed by atoms with Crippen molar-refractivity contribution in [1.82, 2.24) is 20.1 Å². The van der Waals surface area contributed by atoms with Gasteiger partial charge in [0.1, 0.15) is 0 Å². The third-order valence-corrected chi connectivity index (χ3v) is 3.92. The monoisotopic (exact) mass is 286 g/mol. The first-order chi connectivity index (χ1) is 10.1. The van der Waals surface area contributed by atoms with E-state index in [2.05, 4.69) is 15.4 Å². The van der Waals surface area contributed by atoms with E-state index in [9.17, 15) is 9.90 Å². The molecule has 2 N–H and O–H groups in total. The highest BCUT2D eigenvalue weighted by Crippen LogP contribution is 2.38. The van der Waals surface area contributed by atoms with Crippen molar-refractivity contribution in [2.24, 2.45) is 13.0 Å². The molecule has 2 aromatic rings.